The lowest BCUT2D eigenvalue weighted by molar-refractivity contribution is -0.141. The summed E-state index contributed by atoms with van der Waals surface area (Å²) in [5.41, 5.74) is 0. The molecule has 0 aromatic carbocycles. The number of carboxylic acids is 1. The Bertz CT molecular complexity index is 207. The van der Waals surface area contributed by atoms with Crippen molar-refractivity contribution in [1.29, 1.82) is 0 Å². The average Bonchev–Trinajstić information content (AvgIpc) is 2.18. The van der Waals surface area contributed by atoms with Crippen LogP contribution < -0.4 is 10.6 Å². The highest BCUT2D eigenvalue weighted by molar-refractivity contribution is 5.76. The van der Waals surface area contributed by atoms with Gasteiger partial charge in [-0.2, -0.15) is 0 Å². The number of hydrogen-bond acceptors (Lipinski definition) is 3. The minimum absolute atomic E-state index is 0.0338. The number of aliphatic carboxylic acids is 1. The second-order valence-electron chi connectivity index (χ2n) is 3.48. The van der Waals surface area contributed by atoms with Gasteiger partial charge in [-0.15, -0.1) is 0 Å². The van der Waals surface area contributed by atoms with Crippen LogP contribution in [0.1, 0.15) is 26.7 Å². The van der Waals surface area contributed by atoms with E-state index < -0.39 is 11.9 Å². The summed E-state index contributed by atoms with van der Waals surface area (Å²) in [4.78, 5) is 21.6. The molecule has 0 aromatic heterocycles. The van der Waals surface area contributed by atoms with Gasteiger partial charge in [-0.05, 0) is 13.0 Å². The van der Waals surface area contributed by atoms with E-state index in [1.807, 2.05) is 6.92 Å². The van der Waals surface area contributed by atoms with Crippen LogP contribution in [0.15, 0.2) is 0 Å². The van der Waals surface area contributed by atoms with Crippen molar-refractivity contribution >= 4 is 11.9 Å². The standard InChI is InChI=1S/C10H20N2O3/c1-3-11-6-5-9(13)12-7-4-8(2)10(14)15/h8,11H,3-7H2,1-2H3,(H,12,13)(H,14,15). The van der Waals surface area contributed by atoms with E-state index in [1.165, 1.54) is 0 Å². The fraction of sp³-hybridized carbons (Fsp3) is 0.800. The smallest absolute Gasteiger partial charge is 0.306 e. The highest BCUT2D eigenvalue weighted by Gasteiger charge is 2.10. The van der Waals surface area contributed by atoms with Crippen LogP contribution in [0.5, 0.6) is 0 Å². The molecule has 0 radical (unpaired) electrons. The van der Waals surface area contributed by atoms with Crippen LogP contribution >= 0.6 is 0 Å². The van der Waals surface area contributed by atoms with Crippen LogP contribution in [-0.2, 0) is 9.59 Å². The molecule has 0 bridgehead atoms. The molecule has 0 spiro atoms. The number of rotatable bonds is 8. The summed E-state index contributed by atoms with van der Waals surface area (Å²) in [6, 6.07) is 0. The molecule has 88 valence electrons. The van der Waals surface area contributed by atoms with Gasteiger partial charge in [0.05, 0.1) is 5.92 Å². The predicted octanol–water partition coefficient (Wildman–Crippen LogP) is 0.213. The minimum atomic E-state index is -0.822. The number of nitrogens with one attached hydrogen (secondary N) is 2. The molecule has 0 saturated heterocycles. The Morgan fingerprint density at radius 1 is 1.33 bits per heavy atom. The highest BCUT2D eigenvalue weighted by Crippen LogP contribution is 1.99. The van der Waals surface area contributed by atoms with Crippen molar-refractivity contribution in [2.24, 2.45) is 5.92 Å². The Labute approximate surface area is 90.2 Å². The zero-order valence-electron chi connectivity index (χ0n) is 9.38. The number of carboxylic acid groups (broad SMARTS) is 1. The molecule has 5 heteroatoms. The third kappa shape index (κ3) is 7.93. The molecule has 1 unspecified atom stereocenters. The molecular formula is C10H20N2O3. The molecular weight excluding hydrogens is 196 g/mol. The molecule has 0 rings (SSSR count). The van der Waals surface area contributed by atoms with Crippen LogP contribution in [0, 0.1) is 5.92 Å². The minimum Gasteiger partial charge on any atom is -0.481 e. The molecule has 0 aromatic rings. The molecule has 0 aliphatic heterocycles. The van der Waals surface area contributed by atoms with Gasteiger partial charge in [0.15, 0.2) is 0 Å². The third-order valence-electron chi connectivity index (χ3n) is 2.10. The molecule has 15 heavy (non-hydrogen) atoms. The highest BCUT2D eigenvalue weighted by atomic mass is 16.4. The van der Waals surface area contributed by atoms with Crippen molar-refractivity contribution in [2.75, 3.05) is 19.6 Å². The van der Waals surface area contributed by atoms with Gasteiger partial charge >= 0.3 is 5.97 Å². The topological polar surface area (TPSA) is 78.4 Å². The summed E-state index contributed by atoms with van der Waals surface area (Å²) in [6.07, 6.45) is 0.914. The van der Waals surface area contributed by atoms with E-state index in [-0.39, 0.29) is 5.91 Å². The normalized spacial score (nSPS) is 12.1. The Balaban J connectivity index is 3.42. The summed E-state index contributed by atoms with van der Waals surface area (Å²) in [6.45, 7) is 5.55. The summed E-state index contributed by atoms with van der Waals surface area (Å²) in [5, 5.41) is 14.3. The van der Waals surface area contributed by atoms with Crippen molar-refractivity contribution in [3.63, 3.8) is 0 Å². The fourth-order valence-corrected chi connectivity index (χ4v) is 1.02. The van der Waals surface area contributed by atoms with Gasteiger partial charge in [-0.25, -0.2) is 0 Å². The Hall–Kier alpha value is -1.10. The van der Waals surface area contributed by atoms with Gasteiger partial charge in [-0.1, -0.05) is 13.8 Å². The molecule has 0 fully saturated rings. The number of carbonyl (C=O) groups is 2. The largest absolute Gasteiger partial charge is 0.481 e. The molecule has 3 N–H and O–H groups in total. The lowest BCUT2D eigenvalue weighted by Gasteiger charge is -2.07. The van der Waals surface area contributed by atoms with Gasteiger partial charge in [0.25, 0.3) is 0 Å². The summed E-state index contributed by atoms with van der Waals surface area (Å²) in [7, 11) is 0. The maximum absolute atomic E-state index is 11.2. The first kappa shape index (κ1) is 13.9. The van der Waals surface area contributed by atoms with Crippen LogP contribution in [-0.4, -0.2) is 36.6 Å². The van der Waals surface area contributed by atoms with Crippen molar-refractivity contribution < 1.29 is 14.7 Å². The average molecular weight is 216 g/mol. The van der Waals surface area contributed by atoms with Crippen molar-refractivity contribution in [3.05, 3.63) is 0 Å². The maximum atomic E-state index is 11.2. The fourth-order valence-electron chi connectivity index (χ4n) is 1.02. The van der Waals surface area contributed by atoms with E-state index in [0.717, 1.165) is 6.54 Å². The number of carbonyl (C=O) groups excluding carboxylic acids is 1. The van der Waals surface area contributed by atoms with E-state index in [2.05, 4.69) is 10.6 Å². The molecule has 0 aliphatic carbocycles. The van der Waals surface area contributed by atoms with E-state index in [9.17, 15) is 9.59 Å². The molecule has 0 heterocycles. The molecule has 1 atom stereocenters. The molecule has 0 aliphatic rings. The Morgan fingerprint density at radius 3 is 2.53 bits per heavy atom. The van der Waals surface area contributed by atoms with E-state index in [4.69, 9.17) is 5.11 Å². The van der Waals surface area contributed by atoms with Crippen molar-refractivity contribution in [2.45, 2.75) is 26.7 Å². The van der Waals surface area contributed by atoms with Crippen LogP contribution in [0.3, 0.4) is 0 Å². The molecule has 0 saturated carbocycles. The zero-order valence-corrected chi connectivity index (χ0v) is 9.38. The van der Waals surface area contributed by atoms with Gasteiger partial charge in [0.1, 0.15) is 0 Å². The summed E-state index contributed by atoms with van der Waals surface area (Å²) >= 11 is 0. The van der Waals surface area contributed by atoms with Gasteiger partial charge in [-0.3, -0.25) is 9.59 Å². The van der Waals surface area contributed by atoms with E-state index in [1.54, 1.807) is 6.92 Å². The summed E-state index contributed by atoms with van der Waals surface area (Å²) < 4.78 is 0. The predicted molar refractivity (Wildman–Crippen MR) is 57.6 cm³/mol. The lowest BCUT2D eigenvalue weighted by atomic mass is 10.1. The van der Waals surface area contributed by atoms with Crippen LogP contribution in [0.2, 0.25) is 0 Å². The first-order valence-corrected chi connectivity index (χ1v) is 5.28. The van der Waals surface area contributed by atoms with Crippen LogP contribution in [0.4, 0.5) is 0 Å². The zero-order chi connectivity index (χ0) is 11.7. The quantitative estimate of drug-likeness (QED) is 0.507. The molecule has 5 nitrogen and oxygen atoms in total. The van der Waals surface area contributed by atoms with E-state index in [0.29, 0.717) is 25.9 Å². The maximum Gasteiger partial charge on any atom is 0.306 e. The van der Waals surface area contributed by atoms with Gasteiger partial charge < -0.3 is 15.7 Å². The second kappa shape index (κ2) is 8.23. The first-order chi connectivity index (χ1) is 7.07. The monoisotopic (exact) mass is 216 g/mol. The number of hydrogen-bond donors (Lipinski definition) is 3. The van der Waals surface area contributed by atoms with E-state index >= 15 is 0 Å². The van der Waals surface area contributed by atoms with Crippen molar-refractivity contribution in [1.82, 2.24) is 10.6 Å². The second-order valence-corrected chi connectivity index (χ2v) is 3.48. The van der Waals surface area contributed by atoms with Crippen LogP contribution in [0.25, 0.3) is 0 Å². The number of amides is 1. The van der Waals surface area contributed by atoms with Gasteiger partial charge in [0, 0.05) is 19.5 Å². The Morgan fingerprint density at radius 2 is 2.00 bits per heavy atom. The Kier molecular flexibility index (Phi) is 7.62. The van der Waals surface area contributed by atoms with Gasteiger partial charge in [0.2, 0.25) is 5.91 Å². The lowest BCUT2D eigenvalue weighted by Crippen LogP contribution is -2.29. The SMILES string of the molecule is CCNCCC(=O)NCCC(C)C(=O)O. The molecule has 1 amide bonds. The third-order valence-corrected chi connectivity index (χ3v) is 2.10. The van der Waals surface area contributed by atoms with Crippen molar-refractivity contribution in [3.8, 4) is 0 Å². The first-order valence-electron chi connectivity index (χ1n) is 5.28. The summed E-state index contributed by atoms with van der Waals surface area (Å²) in [5.74, 6) is -1.26.